The first kappa shape index (κ1) is 11.2. The third kappa shape index (κ3) is 3.89. The van der Waals surface area contributed by atoms with E-state index in [1.54, 1.807) is 6.20 Å². The van der Waals surface area contributed by atoms with E-state index in [0.29, 0.717) is 6.04 Å². The molecule has 0 aliphatic carbocycles. The van der Waals surface area contributed by atoms with E-state index in [1.165, 1.54) is 0 Å². The number of nitrogens with zero attached hydrogens (tertiary/aromatic N) is 2. The highest BCUT2D eigenvalue weighted by Gasteiger charge is 2.05. The van der Waals surface area contributed by atoms with Crippen LogP contribution in [0.4, 0.5) is 0 Å². The van der Waals surface area contributed by atoms with Crippen molar-refractivity contribution in [2.75, 3.05) is 6.61 Å². The molecule has 0 aromatic carbocycles. The van der Waals surface area contributed by atoms with Gasteiger partial charge in [-0.15, -0.1) is 0 Å². The molecule has 0 amide bonds. The van der Waals surface area contributed by atoms with Gasteiger partial charge in [-0.3, -0.25) is 4.68 Å². The average Bonchev–Trinajstić information content (AvgIpc) is 2.67. The molecule has 0 bridgehead atoms. The monoisotopic (exact) mass is 197 g/mol. The highest BCUT2D eigenvalue weighted by molar-refractivity contribution is 4.78. The zero-order valence-corrected chi connectivity index (χ0v) is 8.85. The quantitative estimate of drug-likeness (QED) is 0.703. The van der Waals surface area contributed by atoms with Crippen LogP contribution in [0.3, 0.4) is 0 Å². The lowest BCUT2D eigenvalue weighted by Gasteiger charge is -2.17. The second-order valence-corrected chi connectivity index (χ2v) is 3.71. The Morgan fingerprint density at radius 3 is 2.79 bits per heavy atom. The third-order valence-corrected chi connectivity index (χ3v) is 2.19. The molecule has 80 valence electrons. The lowest BCUT2D eigenvalue weighted by atomic mass is 10.2. The van der Waals surface area contributed by atoms with Crippen molar-refractivity contribution in [3.8, 4) is 0 Å². The first-order valence-corrected chi connectivity index (χ1v) is 5.06. The fraction of sp³-hybridized carbons (Fsp3) is 0.700. The molecule has 2 N–H and O–H groups in total. The number of nitrogens with one attached hydrogen (secondary N) is 1. The van der Waals surface area contributed by atoms with Crippen LogP contribution in [0.15, 0.2) is 18.5 Å². The normalized spacial score (nSPS) is 15.4. The van der Waals surface area contributed by atoms with Crippen LogP contribution in [0.1, 0.15) is 20.3 Å². The highest BCUT2D eigenvalue weighted by Crippen LogP contribution is 1.96. The number of aliphatic hydroxyl groups is 1. The van der Waals surface area contributed by atoms with E-state index in [9.17, 15) is 0 Å². The number of aryl methyl sites for hydroxylation is 1. The van der Waals surface area contributed by atoms with Gasteiger partial charge in [0.15, 0.2) is 0 Å². The summed E-state index contributed by atoms with van der Waals surface area (Å²) in [5.41, 5.74) is 0. The van der Waals surface area contributed by atoms with Crippen LogP contribution in [0.25, 0.3) is 0 Å². The van der Waals surface area contributed by atoms with Gasteiger partial charge in [0.05, 0.1) is 6.61 Å². The van der Waals surface area contributed by atoms with Crippen LogP contribution >= 0.6 is 0 Å². The standard InChI is InChI=1S/C10H19N3O/c1-9(12-10(2)8-14)4-7-13-6-3-5-11-13/h3,5-6,9-10,12,14H,4,7-8H2,1-2H3/t9?,10-/m1/s1. The van der Waals surface area contributed by atoms with Crippen LogP contribution < -0.4 is 5.32 Å². The van der Waals surface area contributed by atoms with Crippen molar-refractivity contribution in [1.82, 2.24) is 15.1 Å². The van der Waals surface area contributed by atoms with E-state index in [2.05, 4.69) is 17.3 Å². The number of hydrogen-bond donors (Lipinski definition) is 2. The van der Waals surface area contributed by atoms with Crippen molar-refractivity contribution in [3.63, 3.8) is 0 Å². The molecule has 0 fully saturated rings. The summed E-state index contributed by atoms with van der Waals surface area (Å²) in [6, 6.07) is 2.50. The Hall–Kier alpha value is -0.870. The molecule has 1 aromatic rings. The number of aliphatic hydroxyl groups excluding tert-OH is 1. The van der Waals surface area contributed by atoms with Gasteiger partial charge < -0.3 is 10.4 Å². The fourth-order valence-electron chi connectivity index (χ4n) is 1.38. The first-order valence-electron chi connectivity index (χ1n) is 5.06. The molecule has 0 radical (unpaired) electrons. The van der Waals surface area contributed by atoms with Gasteiger partial charge in [0, 0.05) is 31.0 Å². The van der Waals surface area contributed by atoms with Gasteiger partial charge >= 0.3 is 0 Å². The summed E-state index contributed by atoms with van der Waals surface area (Å²) >= 11 is 0. The molecule has 0 saturated heterocycles. The molecule has 2 atom stereocenters. The number of hydrogen-bond acceptors (Lipinski definition) is 3. The second-order valence-electron chi connectivity index (χ2n) is 3.71. The minimum atomic E-state index is 0.169. The van der Waals surface area contributed by atoms with Crippen LogP contribution in [0, 0.1) is 0 Å². The van der Waals surface area contributed by atoms with Crippen LogP contribution in [-0.4, -0.2) is 33.6 Å². The van der Waals surface area contributed by atoms with E-state index in [4.69, 9.17) is 5.11 Å². The summed E-state index contributed by atoms with van der Waals surface area (Å²) in [4.78, 5) is 0. The molecule has 4 nitrogen and oxygen atoms in total. The maximum Gasteiger partial charge on any atom is 0.0582 e. The average molecular weight is 197 g/mol. The van der Waals surface area contributed by atoms with Crippen LogP contribution in [-0.2, 0) is 6.54 Å². The zero-order chi connectivity index (χ0) is 10.4. The van der Waals surface area contributed by atoms with Gasteiger partial charge in [-0.2, -0.15) is 5.10 Å². The molecule has 0 aliphatic heterocycles. The van der Waals surface area contributed by atoms with Gasteiger partial charge in [0.1, 0.15) is 0 Å². The van der Waals surface area contributed by atoms with Crippen LogP contribution in [0.2, 0.25) is 0 Å². The summed E-state index contributed by atoms with van der Waals surface area (Å²) in [5.74, 6) is 0. The highest BCUT2D eigenvalue weighted by atomic mass is 16.3. The van der Waals surface area contributed by atoms with Crippen molar-refractivity contribution in [3.05, 3.63) is 18.5 Å². The summed E-state index contributed by atoms with van der Waals surface area (Å²) in [6.07, 6.45) is 4.77. The molecule has 0 spiro atoms. The summed E-state index contributed by atoms with van der Waals surface area (Å²) in [5, 5.41) is 16.3. The summed E-state index contributed by atoms with van der Waals surface area (Å²) in [6.45, 7) is 5.20. The second kappa shape index (κ2) is 5.78. The van der Waals surface area contributed by atoms with E-state index in [1.807, 2.05) is 23.9 Å². The van der Waals surface area contributed by atoms with Crippen molar-refractivity contribution in [2.45, 2.75) is 38.9 Å². The molecule has 1 unspecified atom stereocenters. The predicted octanol–water partition coefficient (Wildman–Crippen LogP) is 0.632. The van der Waals surface area contributed by atoms with Crippen molar-refractivity contribution < 1.29 is 5.11 Å². The molecule has 14 heavy (non-hydrogen) atoms. The van der Waals surface area contributed by atoms with Crippen LogP contribution in [0.5, 0.6) is 0 Å². The molecule has 0 aliphatic rings. The molecule has 1 aromatic heterocycles. The molecule has 4 heteroatoms. The largest absolute Gasteiger partial charge is 0.395 e. The third-order valence-electron chi connectivity index (χ3n) is 2.19. The Bertz CT molecular complexity index is 236. The van der Waals surface area contributed by atoms with Gasteiger partial charge in [-0.1, -0.05) is 0 Å². The molecule has 1 heterocycles. The van der Waals surface area contributed by atoms with Crippen molar-refractivity contribution in [1.29, 1.82) is 0 Å². The van der Waals surface area contributed by atoms with E-state index in [0.717, 1.165) is 13.0 Å². The minimum Gasteiger partial charge on any atom is -0.395 e. The van der Waals surface area contributed by atoms with Gasteiger partial charge in [0.2, 0.25) is 0 Å². The van der Waals surface area contributed by atoms with E-state index >= 15 is 0 Å². The smallest absolute Gasteiger partial charge is 0.0582 e. The summed E-state index contributed by atoms with van der Waals surface area (Å²) in [7, 11) is 0. The SMILES string of the molecule is CC(CCn1cccn1)N[C@H](C)CO. The van der Waals surface area contributed by atoms with Gasteiger partial charge in [-0.25, -0.2) is 0 Å². The van der Waals surface area contributed by atoms with Crippen molar-refractivity contribution in [2.24, 2.45) is 0 Å². The fourth-order valence-corrected chi connectivity index (χ4v) is 1.38. The minimum absolute atomic E-state index is 0.169. The Kier molecular flexibility index (Phi) is 4.62. The first-order chi connectivity index (χ1) is 6.72. The molecule has 0 saturated carbocycles. The Labute approximate surface area is 84.9 Å². The number of aromatic nitrogens is 2. The number of rotatable bonds is 6. The Balaban J connectivity index is 2.18. The van der Waals surface area contributed by atoms with E-state index in [-0.39, 0.29) is 12.6 Å². The molecular formula is C10H19N3O. The topological polar surface area (TPSA) is 50.1 Å². The maximum atomic E-state index is 8.86. The lowest BCUT2D eigenvalue weighted by molar-refractivity contribution is 0.239. The lowest BCUT2D eigenvalue weighted by Crippen LogP contribution is -2.37. The zero-order valence-electron chi connectivity index (χ0n) is 8.85. The van der Waals surface area contributed by atoms with Gasteiger partial charge in [0.25, 0.3) is 0 Å². The van der Waals surface area contributed by atoms with Gasteiger partial charge in [-0.05, 0) is 26.3 Å². The van der Waals surface area contributed by atoms with E-state index < -0.39 is 0 Å². The molecule has 1 rings (SSSR count). The maximum absolute atomic E-state index is 8.86. The Morgan fingerprint density at radius 2 is 2.21 bits per heavy atom. The van der Waals surface area contributed by atoms with Crippen molar-refractivity contribution >= 4 is 0 Å². The predicted molar refractivity (Wildman–Crippen MR) is 56.0 cm³/mol. The molecular weight excluding hydrogens is 178 g/mol. The Morgan fingerprint density at radius 1 is 1.43 bits per heavy atom. The summed E-state index contributed by atoms with van der Waals surface area (Å²) < 4.78 is 1.92.